The Kier molecular flexibility index (Phi) is 4.80. The fourth-order valence-electron chi connectivity index (χ4n) is 1.47. The van der Waals surface area contributed by atoms with Gasteiger partial charge in [0.25, 0.3) is 0 Å². The van der Waals surface area contributed by atoms with Crippen LogP contribution in [0.2, 0.25) is 0 Å². The smallest absolute Gasteiger partial charge is 0.368 e. The highest BCUT2D eigenvalue weighted by Crippen LogP contribution is 2.28. The van der Waals surface area contributed by atoms with Crippen LogP contribution in [0.5, 0.6) is 0 Å². The van der Waals surface area contributed by atoms with Gasteiger partial charge in [0.2, 0.25) is 0 Å². The first kappa shape index (κ1) is 14.3. The summed E-state index contributed by atoms with van der Waals surface area (Å²) < 4.78 is 37.3. The molecule has 1 aromatic rings. The number of nitrogens with zero attached hydrogens (tertiary/aromatic N) is 1. The molecule has 0 spiro atoms. The van der Waals surface area contributed by atoms with E-state index >= 15 is 0 Å². The molecule has 6 heteroatoms. The predicted octanol–water partition coefficient (Wildman–Crippen LogP) is 4.07. The second-order valence-electron chi connectivity index (χ2n) is 3.97. The molecular formula is C11H14BrF3N2. The molecule has 2 nitrogen and oxygen atoms in total. The maximum absolute atomic E-state index is 12.4. The fourth-order valence-corrected chi connectivity index (χ4v) is 2.03. The Balaban J connectivity index is 2.72. The van der Waals surface area contributed by atoms with E-state index in [0.717, 1.165) is 12.5 Å². The summed E-state index contributed by atoms with van der Waals surface area (Å²) in [5.74, 6) is 0.250. The summed E-state index contributed by atoms with van der Waals surface area (Å²) in [6.07, 6.45) is -3.60. The van der Waals surface area contributed by atoms with Crippen molar-refractivity contribution >= 4 is 21.7 Å². The van der Waals surface area contributed by atoms with Crippen LogP contribution in [0, 0.1) is 0 Å². The van der Waals surface area contributed by atoms with Gasteiger partial charge < -0.3 is 5.32 Å². The van der Waals surface area contributed by atoms with Crippen LogP contribution in [-0.2, 0) is 6.18 Å². The third-order valence-electron chi connectivity index (χ3n) is 2.11. The lowest BCUT2D eigenvalue weighted by Crippen LogP contribution is -2.20. The van der Waals surface area contributed by atoms with E-state index in [4.69, 9.17) is 0 Å². The molecular weight excluding hydrogens is 297 g/mol. The van der Waals surface area contributed by atoms with Gasteiger partial charge in [-0.15, -0.1) is 0 Å². The van der Waals surface area contributed by atoms with E-state index in [1.807, 2.05) is 13.8 Å². The van der Waals surface area contributed by atoms with E-state index in [0.29, 0.717) is 4.83 Å². The minimum Gasteiger partial charge on any atom is -0.368 e. The highest BCUT2D eigenvalue weighted by atomic mass is 79.9. The first-order valence-electron chi connectivity index (χ1n) is 5.24. The second-order valence-corrected chi connectivity index (χ2v) is 5.53. The number of pyridine rings is 1. The minimum atomic E-state index is -4.40. The molecule has 0 radical (unpaired) electrons. The Bertz CT molecular complexity index is 366. The Hall–Kier alpha value is -0.780. The number of hydrogen-bond donors (Lipinski definition) is 1. The van der Waals surface area contributed by atoms with Gasteiger partial charge in [-0.05, 0) is 25.5 Å². The highest BCUT2D eigenvalue weighted by Gasteiger charge is 2.32. The average Bonchev–Trinajstić information content (AvgIpc) is 2.15. The van der Waals surface area contributed by atoms with Crippen LogP contribution >= 0.6 is 15.9 Å². The van der Waals surface area contributed by atoms with E-state index in [1.54, 1.807) is 0 Å². The number of aromatic nitrogens is 1. The van der Waals surface area contributed by atoms with Crippen LogP contribution in [-0.4, -0.2) is 15.9 Å². The minimum absolute atomic E-state index is 0.0559. The number of hydrogen-bond acceptors (Lipinski definition) is 2. The fraction of sp³-hybridized carbons (Fsp3) is 0.545. The Morgan fingerprint density at radius 1 is 1.35 bits per heavy atom. The first-order valence-corrected chi connectivity index (χ1v) is 6.15. The van der Waals surface area contributed by atoms with E-state index in [9.17, 15) is 13.2 Å². The Morgan fingerprint density at radius 2 is 2.00 bits per heavy atom. The van der Waals surface area contributed by atoms with Gasteiger partial charge in [0.15, 0.2) is 0 Å². The molecule has 0 saturated carbocycles. The molecule has 0 aliphatic carbocycles. The molecule has 0 aliphatic heterocycles. The van der Waals surface area contributed by atoms with E-state index in [-0.39, 0.29) is 11.9 Å². The van der Waals surface area contributed by atoms with Gasteiger partial charge in [0.1, 0.15) is 11.5 Å². The molecule has 0 fully saturated rings. The van der Waals surface area contributed by atoms with Crippen molar-refractivity contribution in [1.82, 2.24) is 4.98 Å². The number of nitrogens with one attached hydrogen (secondary N) is 1. The molecule has 1 rings (SSSR count). The molecule has 0 saturated heterocycles. The Morgan fingerprint density at radius 3 is 2.53 bits per heavy atom. The topological polar surface area (TPSA) is 24.9 Å². The molecule has 0 aromatic carbocycles. The predicted molar refractivity (Wildman–Crippen MR) is 65.3 cm³/mol. The molecule has 1 aromatic heterocycles. The maximum Gasteiger partial charge on any atom is 0.433 e. The van der Waals surface area contributed by atoms with Crippen molar-refractivity contribution in [1.29, 1.82) is 0 Å². The summed E-state index contributed by atoms with van der Waals surface area (Å²) in [6, 6.07) is 3.90. The summed E-state index contributed by atoms with van der Waals surface area (Å²) in [5.41, 5.74) is -0.874. The maximum atomic E-state index is 12.4. The monoisotopic (exact) mass is 310 g/mol. The van der Waals surface area contributed by atoms with Crippen molar-refractivity contribution in [3.05, 3.63) is 23.9 Å². The van der Waals surface area contributed by atoms with Crippen LogP contribution < -0.4 is 5.32 Å². The van der Waals surface area contributed by atoms with Gasteiger partial charge in [-0.3, -0.25) is 0 Å². The molecule has 0 bridgehead atoms. The Labute approximate surface area is 107 Å². The standard InChI is InChI=1S/C11H14BrF3N2/c1-7(12)6-8(2)16-10-5-3-4-9(17-10)11(13,14)15/h3-5,7-8H,6H2,1-2H3,(H,16,17). The molecule has 1 N–H and O–H groups in total. The second kappa shape index (κ2) is 5.71. The van der Waals surface area contributed by atoms with Crippen LogP contribution in [0.25, 0.3) is 0 Å². The normalized spacial score (nSPS) is 15.4. The van der Waals surface area contributed by atoms with E-state index < -0.39 is 11.9 Å². The summed E-state index contributed by atoms with van der Waals surface area (Å²) in [4.78, 5) is 3.84. The molecule has 0 amide bonds. The SMILES string of the molecule is CC(Br)CC(C)Nc1cccc(C(F)(F)F)n1. The zero-order valence-electron chi connectivity index (χ0n) is 9.55. The van der Waals surface area contributed by atoms with Crippen molar-refractivity contribution in [3.63, 3.8) is 0 Å². The van der Waals surface area contributed by atoms with E-state index in [2.05, 4.69) is 26.2 Å². The lowest BCUT2D eigenvalue weighted by Gasteiger charge is -2.16. The van der Waals surface area contributed by atoms with Crippen molar-refractivity contribution in [2.75, 3.05) is 5.32 Å². The molecule has 2 atom stereocenters. The zero-order valence-corrected chi connectivity index (χ0v) is 11.1. The third kappa shape index (κ3) is 4.93. The van der Waals surface area contributed by atoms with Gasteiger partial charge in [-0.2, -0.15) is 13.2 Å². The lowest BCUT2D eigenvalue weighted by atomic mass is 10.2. The van der Waals surface area contributed by atoms with Gasteiger partial charge in [-0.25, -0.2) is 4.98 Å². The molecule has 17 heavy (non-hydrogen) atoms. The average molecular weight is 311 g/mol. The van der Waals surface area contributed by atoms with Crippen LogP contribution in [0.3, 0.4) is 0 Å². The summed E-state index contributed by atoms with van der Waals surface area (Å²) in [7, 11) is 0. The third-order valence-corrected chi connectivity index (χ3v) is 2.49. The molecule has 2 unspecified atom stereocenters. The van der Waals surface area contributed by atoms with Crippen molar-refractivity contribution < 1.29 is 13.2 Å². The van der Waals surface area contributed by atoms with Crippen molar-refractivity contribution in [3.8, 4) is 0 Å². The highest BCUT2D eigenvalue weighted by molar-refractivity contribution is 9.09. The van der Waals surface area contributed by atoms with Crippen LogP contribution in [0.4, 0.5) is 19.0 Å². The van der Waals surface area contributed by atoms with Gasteiger partial charge in [0, 0.05) is 10.9 Å². The van der Waals surface area contributed by atoms with Gasteiger partial charge in [0.05, 0.1) is 0 Å². The zero-order chi connectivity index (χ0) is 13.1. The largest absolute Gasteiger partial charge is 0.433 e. The molecule has 0 aliphatic rings. The lowest BCUT2D eigenvalue weighted by molar-refractivity contribution is -0.141. The molecule has 1 heterocycles. The summed E-state index contributed by atoms with van der Waals surface area (Å²) >= 11 is 3.39. The van der Waals surface area contributed by atoms with Crippen LogP contribution in [0.1, 0.15) is 26.0 Å². The number of rotatable bonds is 4. The molecule has 96 valence electrons. The van der Waals surface area contributed by atoms with Gasteiger partial charge in [-0.1, -0.05) is 28.9 Å². The van der Waals surface area contributed by atoms with Crippen molar-refractivity contribution in [2.24, 2.45) is 0 Å². The van der Waals surface area contributed by atoms with Crippen LogP contribution in [0.15, 0.2) is 18.2 Å². The quantitative estimate of drug-likeness (QED) is 0.848. The number of halogens is 4. The number of anilines is 1. The summed E-state index contributed by atoms with van der Waals surface area (Å²) in [6.45, 7) is 3.89. The summed E-state index contributed by atoms with van der Waals surface area (Å²) in [5, 5.41) is 2.94. The van der Waals surface area contributed by atoms with E-state index in [1.165, 1.54) is 12.1 Å². The van der Waals surface area contributed by atoms with Gasteiger partial charge >= 0.3 is 6.18 Å². The number of alkyl halides is 4. The van der Waals surface area contributed by atoms with Crippen molar-refractivity contribution in [2.45, 2.75) is 37.3 Å². The first-order chi connectivity index (χ1) is 7.79.